The van der Waals surface area contributed by atoms with Crippen molar-refractivity contribution in [3.8, 4) is 0 Å². The normalized spacial score (nSPS) is 15.6. The Hall–Kier alpha value is -1.61. The van der Waals surface area contributed by atoms with Crippen molar-refractivity contribution in [3.05, 3.63) is 6.20 Å². The molecule has 112 valence electrons. The van der Waals surface area contributed by atoms with E-state index in [-0.39, 0.29) is 29.9 Å². The molecule has 0 bridgehead atoms. The summed E-state index contributed by atoms with van der Waals surface area (Å²) in [5.74, 6) is -0.632. The summed E-state index contributed by atoms with van der Waals surface area (Å²) in [6.45, 7) is 1.59. The number of hydrogen-bond acceptors (Lipinski definition) is 6. The molecule has 0 saturated heterocycles. The molecule has 0 atom stereocenters. The van der Waals surface area contributed by atoms with Gasteiger partial charge in [-0.25, -0.2) is 8.42 Å². The number of aromatic nitrogens is 2. The zero-order valence-corrected chi connectivity index (χ0v) is 12.3. The Morgan fingerprint density at radius 2 is 2.25 bits per heavy atom. The van der Waals surface area contributed by atoms with Gasteiger partial charge in [0.05, 0.1) is 6.61 Å². The number of nitrogen functional groups attached to an aromatic ring is 1. The number of ether oxygens (including phenoxy) is 1. The summed E-state index contributed by atoms with van der Waals surface area (Å²) in [4.78, 5) is 11.5. The lowest BCUT2D eigenvalue weighted by Crippen LogP contribution is -2.38. The number of sulfonamides is 1. The standard InChI is InChI=1S/C11H18N4O4S/c1-3-19-10(16)7-15(8-4-5-8)20(17,18)9-6-14(2)13-11(9)12/h6,8H,3-5,7H2,1-2H3,(H2,12,13). The maximum absolute atomic E-state index is 12.6. The van der Waals surface area contributed by atoms with Crippen LogP contribution in [0, 0.1) is 0 Å². The van der Waals surface area contributed by atoms with Gasteiger partial charge in [0.2, 0.25) is 10.0 Å². The monoisotopic (exact) mass is 302 g/mol. The van der Waals surface area contributed by atoms with E-state index in [9.17, 15) is 13.2 Å². The van der Waals surface area contributed by atoms with Gasteiger partial charge in [0.1, 0.15) is 11.4 Å². The summed E-state index contributed by atoms with van der Waals surface area (Å²) in [5, 5.41) is 3.83. The van der Waals surface area contributed by atoms with Gasteiger partial charge in [-0.15, -0.1) is 0 Å². The number of anilines is 1. The Kier molecular flexibility index (Phi) is 4.00. The Balaban J connectivity index is 2.28. The second-order valence-corrected chi connectivity index (χ2v) is 6.50. The predicted molar refractivity (Wildman–Crippen MR) is 71.2 cm³/mol. The van der Waals surface area contributed by atoms with Gasteiger partial charge in [-0.2, -0.15) is 9.40 Å². The molecule has 9 heteroatoms. The first-order valence-electron chi connectivity index (χ1n) is 6.32. The highest BCUT2D eigenvalue weighted by Crippen LogP contribution is 2.33. The van der Waals surface area contributed by atoms with Crippen molar-refractivity contribution in [2.45, 2.75) is 30.7 Å². The maximum atomic E-state index is 12.6. The fourth-order valence-corrected chi connectivity index (χ4v) is 3.64. The van der Waals surface area contributed by atoms with Gasteiger partial charge >= 0.3 is 5.97 Å². The number of nitrogens with zero attached hydrogens (tertiary/aromatic N) is 3. The largest absolute Gasteiger partial charge is 0.465 e. The van der Waals surface area contributed by atoms with E-state index in [0.29, 0.717) is 0 Å². The van der Waals surface area contributed by atoms with E-state index < -0.39 is 16.0 Å². The average Bonchev–Trinajstić information content (AvgIpc) is 3.11. The first-order chi connectivity index (χ1) is 9.36. The molecule has 2 rings (SSSR count). The Morgan fingerprint density at radius 1 is 1.60 bits per heavy atom. The van der Waals surface area contributed by atoms with E-state index in [1.54, 1.807) is 14.0 Å². The first-order valence-corrected chi connectivity index (χ1v) is 7.76. The molecule has 20 heavy (non-hydrogen) atoms. The zero-order valence-electron chi connectivity index (χ0n) is 11.4. The molecular formula is C11H18N4O4S. The molecule has 1 saturated carbocycles. The molecule has 0 spiro atoms. The highest BCUT2D eigenvalue weighted by atomic mass is 32.2. The van der Waals surface area contributed by atoms with Crippen molar-refractivity contribution in [1.82, 2.24) is 14.1 Å². The van der Waals surface area contributed by atoms with Gasteiger partial charge in [0.25, 0.3) is 0 Å². The van der Waals surface area contributed by atoms with Crippen molar-refractivity contribution >= 4 is 21.8 Å². The van der Waals surface area contributed by atoms with Crippen LogP contribution >= 0.6 is 0 Å². The van der Waals surface area contributed by atoms with Crippen molar-refractivity contribution in [2.75, 3.05) is 18.9 Å². The molecule has 0 unspecified atom stereocenters. The minimum Gasteiger partial charge on any atom is -0.465 e. The lowest BCUT2D eigenvalue weighted by atomic mass is 10.6. The zero-order chi connectivity index (χ0) is 14.9. The molecule has 1 heterocycles. The van der Waals surface area contributed by atoms with Crippen LogP contribution in [0.1, 0.15) is 19.8 Å². The Morgan fingerprint density at radius 3 is 2.70 bits per heavy atom. The summed E-state index contributed by atoms with van der Waals surface area (Å²) < 4.78 is 32.4. The number of aryl methyl sites for hydroxylation is 1. The minimum atomic E-state index is -3.84. The van der Waals surface area contributed by atoms with E-state index in [0.717, 1.165) is 17.1 Å². The van der Waals surface area contributed by atoms with Crippen LogP contribution in [0.4, 0.5) is 5.82 Å². The second kappa shape index (κ2) is 5.41. The first kappa shape index (κ1) is 14.8. The van der Waals surface area contributed by atoms with Crippen LogP contribution in [0.15, 0.2) is 11.1 Å². The number of hydrogen-bond donors (Lipinski definition) is 1. The van der Waals surface area contributed by atoms with Crippen LogP contribution in [-0.4, -0.2) is 47.7 Å². The number of carbonyl (C=O) groups is 1. The molecule has 1 fully saturated rings. The molecule has 1 aliphatic carbocycles. The highest BCUT2D eigenvalue weighted by molar-refractivity contribution is 7.89. The van der Waals surface area contributed by atoms with E-state index >= 15 is 0 Å². The van der Waals surface area contributed by atoms with Gasteiger partial charge < -0.3 is 10.5 Å². The summed E-state index contributed by atoms with van der Waals surface area (Å²) in [6.07, 6.45) is 2.81. The molecule has 1 aromatic rings. The molecule has 2 N–H and O–H groups in total. The third-order valence-electron chi connectivity index (χ3n) is 2.95. The minimum absolute atomic E-state index is 0.0676. The number of nitrogens with two attached hydrogens (primary N) is 1. The topological polar surface area (TPSA) is 108 Å². The molecule has 0 aliphatic heterocycles. The number of esters is 1. The molecule has 0 radical (unpaired) electrons. The molecule has 8 nitrogen and oxygen atoms in total. The van der Waals surface area contributed by atoms with Gasteiger partial charge in [0.15, 0.2) is 5.82 Å². The Labute approximate surface area is 117 Å². The highest BCUT2D eigenvalue weighted by Gasteiger charge is 2.41. The van der Waals surface area contributed by atoms with Gasteiger partial charge in [-0.3, -0.25) is 9.48 Å². The lowest BCUT2D eigenvalue weighted by molar-refractivity contribution is -0.143. The molecule has 1 aliphatic rings. The van der Waals surface area contributed by atoms with Crippen LogP contribution in [0.25, 0.3) is 0 Å². The van der Waals surface area contributed by atoms with Crippen LogP contribution < -0.4 is 5.73 Å². The number of rotatable bonds is 6. The second-order valence-electron chi connectivity index (χ2n) is 4.64. The summed E-state index contributed by atoms with van der Waals surface area (Å²) in [7, 11) is -2.25. The van der Waals surface area contributed by atoms with Crippen LogP contribution in [0.2, 0.25) is 0 Å². The van der Waals surface area contributed by atoms with Crippen molar-refractivity contribution in [3.63, 3.8) is 0 Å². The van der Waals surface area contributed by atoms with E-state index in [1.165, 1.54) is 10.9 Å². The third-order valence-corrected chi connectivity index (χ3v) is 4.87. The van der Waals surface area contributed by atoms with Gasteiger partial charge in [-0.1, -0.05) is 0 Å². The van der Waals surface area contributed by atoms with Crippen LogP contribution in [0.5, 0.6) is 0 Å². The Bertz CT molecular complexity index is 606. The smallest absolute Gasteiger partial charge is 0.321 e. The lowest BCUT2D eigenvalue weighted by Gasteiger charge is -2.20. The molecular weight excluding hydrogens is 284 g/mol. The molecule has 0 amide bonds. The third kappa shape index (κ3) is 2.93. The fourth-order valence-electron chi connectivity index (χ4n) is 1.92. The van der Waals surface area contributed by atoms with Crippen molar-refractivity contribution < 1.29 is 17.9 Å². The fraction of sp³-hybridized carbons (Fsp3) is 0.636. The van der Waals surface area contributed by atoms with E-state index in [4.69, 9.17) is 10.5 Å². The summed E-state index contributed by atoms with van der Waals surface area (Å²) >= 11 is 0. The van der Waals surface area contributed by atoms with Gasteiger partial charge in [0, 0.05) is 19.3 Å². The summed E-state index contributed by atoms with van der Waals surface area (Å²) in [6, 6.07) is -0.163. The summed E-state index contributed by atoms with van der Waals surface area (Å²) in [5.41, 5.74) is 5.62. The van der Waals surface area contributed by atoms with Gasteiger partial charge in [-0.05, 0) is 19.8 Å². The molecule has 1 aromatic heterocycles. The van der Waals surface area contributed by atoms with E-state index in [2.05, 4.69) is 5.10 Å². The maximum Gasteiger partial charge on any atom is 0.321 e. The van der Waals surface area contributed by atoms with E-state index in [1.807, 2.05) is 0 Å². The van der Waals surface area contributed by atoms with Crippen molar-refractivity contribution in [1.29, 1.82) is 0 Å². The SMILES string of the molecule is CCOC(=O)CN(C1CC1)S(=O)(=O)c1cn(C)nc1N. The predicted octanol–water partition coefficient (Wildman–Crippen LogP) is -0.281. The quantitative estimate of drug-likeness (QED) is 0.724. The molecule has 0 aromatic carbocycles. The van der Waals surface area contributed by atoms with Crippen LogP contribution in [0.3, 0.4) is 0 Å². The van der Waals surface area contributed by atoms with Crippen molar-refractivity contribution in [2.24, 2.45) is 7.05 Å². The van der Waals surface area contributed by atoms with Crippen LogP contribution in [-0.2, 0) is 26.6 Å². The average molecular weight is 302 g/mol. The number of carbonyl (C=O) groups excluding carboxylic acids is 1.